The van der Waals surface area contributed by atoms with Gasteiger partial charge in [0.05, 0.1) is 31.3 Å². The topological polar surface area (TPSA) is 89.8 Å². The maximum Gasteiger partial charge on any atom is 0.222 e. The summed E-state index contributed by atoms with van der Waals surface area (Å²) in [6.07, 6.45) is 90.9. The van der Waals surface area contributed by atoms with Gasteiger partial charge in [-0.05, 0) is 70.6 Å². The highest BCUT2D eigenvalue weighted by molar-refractivity contribution is 5.76. The smallest absolute Gasteiger partial charge is 0.222 e. The van der Waals surface area contributed by atoms with Gasteiger partial charge in [0.15, 0.2) is 0 Å². The van der Waals surface area contributed by atoms with Crippen LogP contribution in [0.15, 0.2) is 48.6 Å². The number of hydrogen-bond donors (Lipinski definition) is 4. The summed E-state index contributed by atoms with van der Waals surface area (Å²) in [6.45, 7) is 4.25. The monoisotopic (exact) mass is 1080 g/mol. The molecule has 454 valence electrons. The fourth-order valence-corrected chi connectivity index (χ4v) is 11.0. The van der Waals surface area contributed by atoms with Gasteiger partial charge < -0.3 is 20.6 Å². The maximum atomic E-state index is 12.6. The van der Waals surface area contributed by atoms with Crippen LogP contribution in [0.1, 0.15) is 380 Å². The summed E-state index contributed by atoms with van der Waals surface area (Å²) in [4.78, 5) is 12.6. The zero-order valence-corrected chi connectivity index (χ0v) is 52.1. The number of carbonyl (C=O) groups excluding carboxylic acids is 1. The predicted octanol–water partition coefficient (Wildman–Crippen LogP) is 22.7. The Labute approximate surface area is 482 Å². The van der Waals surface area contributed by atoms with E-state index in [1.54, 1.807) is 6.08 Å². The molecule has 3 atom stereocenters. The van der Waals surface area contributed by atoms with E-state index in [-0.39, 0.29) is 18.9 Å². The maximum absolute atomic E-state index is 12.6. The van der Waals surface area contributed by atoms with Gasteiger partial charge in [-0.3, -0.25) is 4.79 Å². The van der Waals surface area contributed by atoms with Crippen molar-refractivity contribution in [3.05, 3.63) is 48.6 Å². The molecule has 0 heterocycles. The SMILES string of the molecule is CCCCCCCCCCCCCCCCC/C=C/CC/C=C/CC/C=C/C(O)C(CO)NC(=O)CC(O)CCCCCCCCCCCCCCCCC/C=C\CCCCCCCCCCCCCCCCCCCC. The van der Waals surface area contributed by atoms with Gasteiger partial charge in [0.25, 0.3) is 0 Å². The molecule has 0 aromatic carbocycles. The molecule has 0 saturated heterocycles. The minimum absolute atomic E-state index is 0.00369. The van der Waals surface area contributed by atoms with Crippen LogP contribution >= 0.6 is 0 Å². The summed E-state index contributed by atoms with van der Waals surface area (Å²) >= 11 is 0. The minimum atomic E-state index is -0.962. The van der Waals surface area contributed by atoms with Gasteiger partial charge in [-0.15, -0.1) is 0 Å². The van der Waals surface area contributed by atoms with Crippen molar-refractivity contribution in [2.45, 2.75) is 398 Å². The molecule has 0 spiro atoms. The van der Waals surface area contributed by atoms with Crippen molar-refractivity contribution in [3.8, 4) is 0 Å². The average molecular weight is 1080 g/mol. The number of amides is 1. The van der Waals surface area contributed by atoms with Crippen LogP contribution in [0, 0.1) is 0 Å². The lowest BCUT2D eigenvalue weighted by Gasteiger charge is -2.21. The minimum Gasteiger partial charge on any atom is -0.394 e. The van der Waals surface area contributed by atoms with Crippen molar-refractivity contribution in [2.24, 2.45) is 0 Å². The molecule has 0 aromatic heterocycles. The number of aliphatic hydroxyl groups excluding tert-OH is 3. The van der Waals surface area contributed by atoms with Crippen LogP contribution in [-0.2, 0) is 4.79 Å². The van der Waals surface area contributed by atoms with Crippen LogP contribution in [-0.4, -0.2) is 46.1 Å². The molecule has 0 radical (unpaired) electrons. The first-order valence-electron chi connectivity index (χ1n) is 34.9. The summed E-state index contributed by atoms with van der Waals surface area (Å²) < 4.78 is 0. The zero-order chi connectivity index (χ0) is 55.7. The summed E-state index contributed by atoms with van der Waals surface area (Å²) in [6, 6.07) is -0.770. The third kappa shape index (κ3) is 63.4. The van der Waals surface area contributed by atoms with E-state index in [0.717, 1.165) is 38.5 Å². The van der Waals surface area contributed by atoms with Gasteiger partial charge in [0.1, 0.15) is 0 Å². The van der Waals surface area contributed by atoms with Crippen LogP contribution in [0.25, 0.3) is 0 Å². The first-order chi connectivity index (χ1) is 38.0. The molecule has 0 rings (SSSR count). The van der Waals surface area contributed by atoms with Crippen molar-refractivity contribution in [1.82, 2.24) is 5.32 Å². The highest BCUT2D eigenvalue weighted by atomic mass is 16.3. The molecule has 5 nitrogen and oxygen atoms in total. The van der Waals surface area contributed by atoms with Gasteiger partial charge in [-0.2, -0.15) is 0 Å². The molecule has 0 saturated carbocycles. The highest BCUT2D eigenvalue weighted by Crippen LogP contribution is 2.19. The summed E-state index contributed by atoms with van der Waals surface area (Å²) in [5, 5.41) is 33.6. The molecule has 0 aliphatic carbocycles. The molecule has 0 aliphatic heterocycles. The van der Waals surface area contributed by atoms with Crippen LogP contribution in [0.3, 0.4) is 0 Å². The van der Waals surface area contributed by atoms with E-state index in [9.17, 15) is 20.1 Å². The number of hydrogen-bond acceptors (Lipinski definition) is 4. The molecule has 1 amide bonds. The van der Waals surface area contributed by atoms with E-state index in [2.05, 4.69) is 55.6 Å². The lowest BCUT2D eigenvalue weighted by molar-refractivity contribution is -0.124. The second-order valence-corrected chi connectivity index (χ2v) is 24.1. The standard InChI is InChI=1S/C72H137NO4/c1-3-5-7-9-11-13-15-17-19-21-23-25-27-29-30-31-32-33-34-35-36-37-38-39-40-42-43-45-47-49-51-53-55-57-59-61-63-65-69(75)67-72(77)73-70(68-74)71(76)66-64-62-60-58-56-54-52-50-48-46-44-41-28-26-24-22-20-18-16-14-12-10-8-6-4-2/h35-36,48,50,56,58,64,66,69-71,74-76H,3-34,37-47,49,51-55,57,59-63,65,67-68H2,1-2H3,(H,73,77)/b36-35-,50-48+,58-56+,66-64+. The first-order valence-corrected chi connectivity index (χ1v) is 34.9. The Hall–Kier alpha value is -1.69. The van der Waals surface area contributed by atoms with Gasteiger partial charge in [-0.25, -0.2) is 0 Å². The van der Waals surface area contributed by atoms with Crippen molar-refractivity contribution in [3.63, 3.8) is 0 Å². The Bertz CT molecular complexity index is 1240. The number of carbonyl (C=O) groups is 1. The molecule has 0 fully saturated rings. The molecule has 0 aromatic rings. The Morgan fingerprint density at radius 2 is 0.558 bits per heavy atom. The summed E-state index contributed by atoms with van der Waals surface area (Å²) in [5.74, 6) is -0.324. The molecular weight excluding hydrogens is 943 g/mol. The van der Waals surface area contributed by atoms with Crippen LogP contribution < -0.4 is 5.32 Å². The molecular formula is C72H137NO4. The van der Waals surface area contributed by atoms with Gasteiger partial charge in [0.2, 0.25) is 5.91 Å². The van der Waals surface area contributed by atoms with E-state index in [4.69, 9.17) is 0 Å². The number of nitrogens with one attached hydrogen (secondary N) is 1. The average Bonchev–Trinajstić information content (AvgIpc) is 3.43. The lowest BCUT2D eigenvalue weighted by Crippen LogP contribution is -2.45. The van der Waals surface area contributed by atoms with E-state index < -0.39 is 18.2 Å². The van der Waals surface area contributed by atoms with Gasteiger partial charge in [0, 0.05) is 0 Å². The third-order valence-corrected chi connectivity index (χ3v) is 16.3. The van der Waals surface area contributed by atoms with Crippen LogP contribution in [0.2, 0.25) is 0 Å². The third-order valence-electron chi connectivity index (χ3n) is 16.3. The molecule has 3 unspecified atom stereocenters. The first kappa shape index (κ1) is 75.3. The lowest BCUT2D eigenvalue weighted by atomic mass is 10.0. The number of rotatable bonds is 65. The molecule has 77 heavy (non-hydrogen) atoms. The van der Waals surface area contributed by atoms with Crippen molar-refractivity contribution < 1.29 is 20.1 Å². The predicted molar refractivity (Wildman–Crippen MR) is 342 cm³/mol. The fourth-order valence-electron chi connectivity index (χ4n) is 11.0. The summed E-state index contributed by atoms with van der Waals surface area (Å²) in [7, 11) is 0. The van der Waals surface area contributed by atoms with Crippen molar-refractivity contribution in [1.29, 1.82) is 0 Å². The second kappa shape index (κ2) is 66.8. The van der Waals surface area contributed by atoms with Gasteiger partial charge in [-0.1, -0.05) is 351 Å². The number of aliphatic hydroxyl groups is 3. The Kier molecular flexibility index (Phi) is 65.4. The largest absolute Gasteiger partial charge is 0.394 e. The normalized spacial score (nSPS) is 13.4. The van der Waals surface area contributed by atoms with E-state index >= 15 is 0 Å². The van der Waals surface area contributed by atoms with E-state index in [1.807, 2.05) is 6.08 Å². The Balaban J connectivity index is 3.52. The van der Waals surface area contributed by atoms with E-state index in [0.29, 0.717) is 6.42 Å². The zero-order valence-electron chi connectivity index (χ0n) is 52.1. The molecule has 0 aliphatic rings. The van der Waals surface area contributed by atoms with Crippen LogP contribution in [0.5, 0.6) is 0 Å². The summed E-state index contributed by atoms with van der Waals surface area (Å²) in [5.41, 5.74) is 0. The van der Waals surface area contributed by atoms with Crippen molar-refractivity contribution >= 4 is 5.91 Å². The second-order valence-electron chi connectivity index (χ2n) is 24.1. The van der Waals surface area contributed by atoms with E-state index in [1.165, 1.54) is 315 Å². The number of allylic oxidation sites excluding steroid dienone is 7. The van der Waals surface area contributed by atoms with Crippen molar-refractivity contribution in [2.75, 3.05) is 6.61 Å². The Morgan fingerprint density at radius 3 is 0.831 bits per heavy atom. The Morgan fingerprint density at radius 1 is 0.325 bits per heavy atom. The molecule has 0 bridgehead atoms. The molecule has 5 heteroatoms. The molecule has 4 N–H and O–H groups in total. The van der Waals surface area contributed by atoms with Gasteiger partial charge >= 0.3 is 0 Å². The fraction of sp³-hybridized carbons (Fsp3) is 0.875. The quantitative estimate of drug-likeness (QED) is 0.0361. The number of unbranched alkanes of at least 4 members (excludes halogenated alkanes) is 50. The highest BCUT2D eigenvalue weighted by Gasteiger charge is 2.20. The van der Waals surface area contributed by atoms with Crippen LogP contribution in [0.4, 0.5) is 0 Å².